The molecule has 0 aliphatic heterocycles. The number of halogens is 3. The van der Waals surface area contributed by atoms with Gasteiger partial charge in [-0.05, 0) is 23.6 Å². The second kappa shape index (κ2) is 7.45. The number of benzene rings is 1. The third-order valence-corrected chi connectivity index (χ3v) is 3.58. The molecule has 3 atom stereocenters. The van der Waals surface area contributed by atoms with E-state index in [9.17, 15) is 27.9 Å². The zero-order valence-corrected chi connectivity index (χ0v) is 12.6. The Balaban J connectivity index is 2.85. The molecule has 3 N–H and O–H groups in total. The van der Waals surface area contributed by atoms with Crippen molar-refractivity contribution in [3.8, 4) is 0 Å². The standard InChI is InChI=1S/C15H18F3NO4/c1-3-8(2)11(14(22)23)19-13(21)12(20)9-4-6-10(7-5-9)15(16,17)18/h4-8,11-12,20H,3H2,1-2H3,(H,19,21)(H,22,23)/t8-,11+,12+/m1/s1. The average molecular weight is 333 g/mol. The van der Waals surface area contributed by atoms with Gasteiger partial charge in [0.05, 0.1) is 5.56 Å². The van der Waals surface area contributed by atoms with Crippen LogP contribution in [0.2, 0.25) is 0 Å². The highest BCUT2D eigenvalue weighted by molar-refractivity contribution is 5.87. The molecule has 0 saturated heterocycles. The second-order valence-electron chi connectivity index (χ2n) is 5.23. The van der Waals surface area contributed by atoms with E-state index in [1.165, 1.54) is 0 Å². The Bertz CT molecular complexity index is 557. The van der Waals surface area contributed by atoms with Gasteiger partial charge < -0.3 is 15.5 Å². The first-order chi connectivity index (χ1) is 10.6. The molecule has 5 nitrogen and oxygen atoms in total. The highest BCUT2D eigenvalue weighted by atomic mass is 19.4. The number of carbonyl (C=O) groups excluding carboxylic acids is 1. The van der Waals surface area contributed by atoms with Crippen molar-refractivity contribution in [3.05, 3.63) is 35.4 Å². The first-order valence-electron chi connectivity index (χ1n) is 6.96. The van der Waals surface area contributed by atoms with Gasteiger partial charge >= 0.3 is 12.1 Å². The van der Waals surface area contributed by atoms with Gasteiger partial charge in [0, 0.05) is 0 Å². The van der Waals surface area contributed by atoms with Gasteiger partial charge in [-0.1, -0.05) is 32.4 Å². The monoisotopic (exact) mass is 333 g/mol. The molecule has 1 aromatic rings. The van der Waals surface area contributed by atoms with E-state index < -0.39 is 35.8 Å². The third kappa shape index (κ3) is 4.95. The van der Waals surface area contributed by atoms with Crippen molar-refractivity contribution in [1.29, 1.82) is 0 Å². The van der Waals surface area contributed by atoms with Crippen LogP contribution in [0.15, 0.2) is 24.3 Å². The fourth-order valence-electron chi connectivity index (χ4n) is 1.92. The predicted molar refractivity (Wildman–Crippen MR) is 75.4 cm³/mol. The zero-order chi connectivity index (χ0) is 17.8. The minimum Gasteiger partial charge on any atom is -0.480 e. The molecule has 1 aromatic carbocycles. The number of amides is 1. The van der Waals surface area contributed by atoms with Gasteiger partial charge in [-0.3, -0.25) is 4.79 Å². The highest BCUT2D eigenvalue weighted by Gasteiger charge is 2.31. The second-order valence-corrected chi connectivity index (χ2v) is 5.23. The zero-order valence-electron chi connectivity index (χ0n) is 12.6. The Labute approximate surface area is 131 Å². The smallest absolute Gasteiger partial charge is 0.416 e. The number of rotatable bonds is 6. The van der Waals surface area contributed by atoms with Gasteiger partial charge in [-0.2, -0.15) is 13.2 Å². The number of aliphatic carboxylic acids is 1. The van der Waals surface area contributed by atoms with Gasteiger partial charge in [0.25, 0.3) is 5.91 Å². The van der Waals surface area contributed by atoms with E-state index in [1.54, 1.807) is 13.8 Å². The number of carbonyl (C=O) groups is 2. The summed E-state index contributed by atoms with van der Waals surface area (Å²) in [4.78, 5) is 23.0. The first kappa shape index (κ1) is 19.0. The van der Waals surface area contributed by atoms with E-state index in [0.29, 0.717) is 6.42 Å². The summed E-state index contributed by atoms with van der Waals surface area (Å²) in [6, 6.07) is 2.26. The van der Waals surface area contributed by atoms with Crippen molar-refractivity contribution >= 4 is 11.9 Å². The number of aliphatic hydroxyl groups excluding tert-OH is 1. The molecule has 1 rings (SSSR count). The molecule has 0 aliphatic rings. The minimum absolute atomic E-state index is 0.0520. The summed E-state index contributed by atoms with van der Waals surface area (Å²) in [6.45, 7) is 3.38. The van der Waals surface area contributed by atoms with E-state index in [4.69, 9.17) is 5.11 Å². The Kier molecular flexibility index (Phi) is 6.14. The van der Waals surface area contributed by atoms with Gasteiger partial charge in [0.1, 0.15) is 6.04 Å². The van der Waals surface area contributed by atoms with E-state index in [2.05, 4.69) is 5.32 Å². The van der Waals surface area contributed by atoms with Crippen molar-refractivity contribution in [2.75, 3.05) is 0 Å². The molecule has 0 aromatic heterocycles. The Hall–Kier alpha value is -2.09. The summed E-state index contributed by atoms with van der Waals surface area (Å²) >= 11 is 0. The van der Waals surface area contributed by atoms with E-state index >= 15 is 0 Å². The Morgan fingerprint density at radius 3 is 2.13 bits per heavy atom. The number of aliphatic hydroxyl groups is 1. The van der Waals surface area contributed by atoms with Crippen molar-refractivity contribution in [1.82, 2.24) is 5.32 Å². The largest absolute Gasteiger partial charge is 0.480 e. The highest BCUT2D eigenvalue weighted by Crippen LogP contribution is 2.30. The molecule has 1 amide bonds. The van der Waals surface area contributed by atoms with Crippen LogP contribution in [-0.4, -0.2) is 28.1 Å². The molecule has 8 heteroatoms. The van der Waals surface area contributed by atoms with Gasteiger partial charge in [0.15, 0.2) is 6.10 Å². The lowest BCUT2D eigenvalue weighted by Gasteiger charge is -2.22. The lowest BCUT2D eigenvalue weighted by atomic mass is 9.98. The summed E-state index contributed by atoms with van der Waals surface area (Å²) in [5.41, 5.74) is -0.958. The molecule has 128 valence electrons. The van der Waals surface area contributed by atoms with Crippen LogP contribution in [0.1, 0.15) is 37.5 Å². The molecule has 0 heterocycles. The van der Waals surface area contributed by atoms with Crippen molar-refractivity contribution in [2.45, 2.75) is 38.6 Å². The van der Waals surface area contributed by atoms with Crippen LogP contribution in [0.5, 0.6) is 0 Å². The molecule has 0 radical (unpaired) electrons. The molecule has 0 bridgehead atoms. The van der Waals surface area contributed by atoms with Gasteiger partial charge in [-0.15, -0.1) is 0 Å². The summed E-state index contributed by atoms with van der Waals surface area (Å²) in [6.07, 6.45) is -5.77. The molecular weight excluding hydrogens is 315 g/mol. The summed E-state index contributed by atoms with van der Waals surface area (Å²) < 4.78 is 37.4. The van der Waals surface area contributed by atoms with Crippen molar-refractivity contribution in [2.24, 2.45) is 5.92 Å². The van der Waals surface area contributed by atoms with Crippen LogP contribution in [-0.2, 0) is 15.8 Å². The summed E-state index contributed by atoms with van der Waals surface area (Å²) in [5.74, 6) is -2.58. The van der Waals surface area contributed by atoms with Crippen molar-refractivity contribution in [3.63, 3.8) is 0 Å². The summed E-state index contributed by atoms with van der Waals surface area (Å²) in [5, 5.41) is 21.2. The lowest BCUT2D eigenvalue weighted by Crippen LogP contribution is -2.46. The van der Waals surface area contributed by atoms with Crippen LogP contribution in [0.25, 0.3) is 0 Å². The van der Waals surface area contributed by atoms with Gasteiger partial charge in [0.2, 0.25) is 0 Å². The summed E-state index contributed by atoms with van der Waals surface area (Å²) in [7, 11) is 0. The molecule has 23 heavy (non-hydrogen) atoms. The topological polar surface area (TPSA) is 86.6 Å². The molecule has 0 spiro atoms. The fourth-order valence-corrected chi connectivity index (χ4v) is 1.92. The predicted octanol–water partition coefficient (Wildman–Crippen LogP) is 2.35. The number of carboxylic acids is 1. The average Bonchev–Trinajstić information content (AvgIpc) is 2.49. The Morgan fingerprint density at radius 2 is 1.74 bits per heavy atom. The molecule has 0 saturated carbocycles. The number of hydrogen-bond acceptors (Lipinski definition) is 3. The van der Waals surface area contributed by atoms with Crippen LogP contribution in [0.4, 0.5) is 13.2 Å². The van der Waals surface area contributed by atoms with E-state index in [-0.39, 0.29) is 11.5 Å². The minimum atomic E-state index is -4.52. The quantitative estimate of drug-likeness (QED) is 0.746. The molecule has 0 aliphatic carbocycles. The van der Waals surface area contributed by atoms with E-state index in [1.807, 2.05) is 0 Å². The number of nitrogens with one attached hydrogen (secondary N) is 1. The third-order valence-electron chi connectivity index (χ3n) is 3.58. The SMILES string of the molecule is CC[C@@H](C)[C@H](NC(=O)[C@@H](O)c1ccc(C(F)(F)F)cc1)C(=O)O. The number of alkyl halides is 3. The van der Waals surface area contributed by atoms with Crippen LogP contribution >= 0.6 is 0 Å². The van der Waals surface area contributed by atoms with Crippen LogP contribution in [0, 0.1) is 5.92 Å². The Morgan fingerprint density at radius 1 is 1.22 bits per heavy atom. The molecule has 0 fully saturated rings. The molecule has 0 unspecified atom stereocenters. The first-order valence-corrected chi connectivity index (χ1v) is 6.96. The number of hydrogen-bond donors (Lipinski definition) is 3. The van der Waals surface area contributed by atoms with Crippen molar-refractivity contribution < 1.29 is 33.0 Å². The maximum atomic E-state index is 12.5. The van der Waals surface area contributed by atoms with E-state index in [0.717, 1.165) is 24.3 Å². The van der Waals surface area contributed by atoms with Gasteiger partial charge in [-0.25, -0.2) is 4.79 Å². The number of carboxylic acid groups (broad SMARTS) is 1. The molecular formula is C15H18F3NO4. The normalized spacial score (nSPS) is 15.6. The maximum absolute atomic E-state index is 12.5. The maximum Gasteiger partial charge on any atom is 0.416 e. The lowest BCUT2D eigenvalue weighted by molar-refractivity contribution is -0.145. The fraction of sp³-hybridized carbons (Fsp3) is 0.467. The van der Waals surface area contributed by atoms with Crippen LogP contribution in [0.3, 0.4) is 0 Å². The van der Waals surface area contributed by atoms with Crippen LogP contribution < -0.4 is 5.32 Å².